The van der Waals surface area contributed by atoms with E-state index in [2.05, 4.69) is 40.8 Å². The Bertz CT molecular complexity index is 2020. The standard InChI is InChI=1S/C27H37ClFN3O2.C21H25ClFN3O2/c1-27(2,3)12-14-32-17-15-31(16-18-32)13-5-19-34-25-11-6-21(20-24(25)29)26(33)30(4)23-9-7-22(28)8-10-23;1-25(18-6-4-17(22)5-7-18)21(27)16-3-8-20(19(23)15-16)28-14-2-11-26-12-9-24-10-13-26/h6-11,20H,5,12-19H2,1-4H3;3-8,15,24H,2,9-14H2,1H3. The Balaban J connectivity index is 0.000000238. The van der Waals surface area contributed by atoms with Gasteiger partial charge in [0, 0.05) is 112 Å². The van der Waals surface area contributed by atoms with E-state index in [4.69, 9.17) is 32.7 Å². The number of halogens is 4. The lowest BCUT2D eigenvalue weighted by molar-refractivity contribution is 0.0984. The molecule has 0 aliphatic carbocycles. The van der Waals surface area contributed by atoms with Crippen molar-refractivity contribution in [3.05, 3.63) is 118 Å². The van der Waals surface area contributed by atoms with Crippen LogP contribution in [0.3, 0.4) is 0 Å². The summed E-state index contributed by atoms with van der Waals surface area (Å²) < 4.78 is 40.2. The topological polar surface area (TPSA) is 80.8 Å². The smallest absolute Gasteiger partial charge is 0.258 e. The molecule has 2 fully saturated rings. The number of hydrogen-bond acceptors (Lipinski definition) is 8. The second kappa shape index (κ2) is 24.0. The van der Waals surface area contributed by atoms with Crippen LogP contribution in [0.2, 0.25) is 10.0 Å². The number of piperazine rings is 2. The van der Waals surface area contributed by atoms with Crippen LogP contribution in [-0.2, 0) is 0 Å². The highest BCUT2D eigenvalue weighted by Crippen LogP contribution is 2.25. The van der Waals surface area contributed by atoms with Gasteiger partial charge in [-0.25, -0.2) is 8.78 Å². The molecule has 10 nitrogen and oxygen atoms in total. The third kappa shape index (κ3) is 15.5. The van der Waals surface area contributed by atoms with E-state index in [0.29, 0.717) is 40.0 Å². The summed E-state index contributed by atoms with van der Waals surface area (Å²) in [6.45, 7) is 19.2. The van der Waals surface area contributed by atoms with Gasteiger partial charge in [0.25, 0.3) is 11.8 Å². The number of rotatable bonds is 16. The summed E-state index contributed by atoms with van der Waals surface area (Å²) in [4.78, 5) is 35.6. The molecule has 0 radical (unpaired) electrons. The van der Waals surface area contributed by atoms with Crippen LogP contribution in [-0.4, -0.2) is 126 Å². The van der Waals surface area contributed by atoms with E-state index in [0.717, 1.165) is 84.8 Å². The van der Waals surface area contributed by atoms with Gasteiger partial charge in [0.1, 0.15) is 0 Å². The van der Waals surface area contributed by atoms with Gasteiger partial charge in [-0.05, 0) is 116 Å². The highest BCUT2D eigenvalue weighted by atomic mass is 35.5. The first-order chi connectivity index (χ1) is 29.7. The molecule has 0 unspecified atom stereocenters. The number of nitrogens with zero attached hydrogens (tertiary/aromatic N) is 5. The van der Waals surface area contributed by atoms with Crippen molar-refractivity contribution < 1.29 is 27.8 Å². The van der Waals surface area contributed by atoms with E-state index < -0.39 is 11.6 Å². The van der Waals surface area contributed by atoms with Crippen molar-refractivity contribution in [1.82, 2.24) is 20.0 Å². The third-order valence-corrected chi connectivity index (χ3v) is 11.5. The van der Waals surface area contributed by atoms with E-state index >= 15 is 0 Å². The van der Waals surface area contributed by atoms with E-state index in [9.17, 15) is 18.4 Å². The van der Waals surface area contributed by atoms with E-state index in [1.807, 2.05) is 0 Å². The summed E-state index contributed by atoms with van der Waals surface area (Å²) >= 11 is 11.8. The average Bonchev–Trinajstić information content (AvgIpc) is 3.27. The summed E-state index contributed by atoms with van der Waals surface area (Å²) in [6, 6.07) is 22.5. The van der Waals surface area contributed by atoms with E-state index in [1.165, 1.54) is 40.5 Å². The van der Waals surface area contributed by atoms with Gasteiger partial charge in [-0.15, -0.1) is 0 Å². The third-order valence-electron chi connectivity index (χ3n) is 11.0. The Morgan fingerprint density at radius 1 is 0.613 bits per heavy atom. The molecule has 6 rings (SSSR count). The lowest BCUT2D eigenvalue weighted by Crippen LogP contribution is -2.47. The number of hydrogen-bond donors (Lipinski definition) is 1. The van der Waals surface area contributed by atoms with Crippen LogP contribution in [0.25, 0.3) is 0 Å². The molecular formula is C48H62Cl2F2N6O4. The molecule has 0 spiro atoms. The zero-order valence-electron chi connectivity index (χ0n) is 36.8. The summed E-state index contributed by atoms with van der Waals surface area (Å²) in [7, 11) is 3.29. The number of ether oxygens (including phenoxy) is 2. The number of carbonyl (C=O) groups is 2. The Labute approximate surface area is 376 Å². The zero-order valence-corrected chi connectivity index (χ0v) is 38.3. The van der Waals surface area contributed by atoms with Gasteiger partial charge in [-0.1, -0.05) is 44.0 Å². The normalized spacial score (nSPS) is 15.0. The maximum atomic E-state index is 14.6. The predicted molar refractivity (Wildman–Crippen MR) is 248 cm³/mol. The van der Waals surface area contributed by atoms with Crippen LogP contribution in [0.15, 0.2) is 84.9 Å². The minimum atomic E-state index is -0.530. The zero-order chi connectivity index (χ0) is 44.6. The van der Waals surface area contributed by atoms with Crippen molar-refractivity contribution >= 4 is 46.4 Å². The predicted octanol–water partition coefficient (Wildman–Crippen LogP) is 9.01. The molecule has 0 bridgehead atoms. The van der Waals surface area contributed by atoms with Gasteiger partial charge < -0.3 is 39.3 Å². The molecule has 2 saturated heterocycles. The minimum Gasteiger partial charge on any atom is -0.490 e. The quantitative estimate of drug-likeness (QED) is 0.112. The maximum Gasteiger partial charge on any atom is 0.258 e. The molecule has 2 aliphatic rings. The van der Waals surface area contributed by atoms with Crippen LogP contribution in [0.5, 0.6) is 11.5 Å². The highest BCUT2D eigenvalue weighted by Gasteiger charge is 2.21. The first kappa shape index (κ1) is 48.7. The van der Waals surface area contributed by atoms with Gasteiger partial charge >= 0.3 is 0 Å². The van der Waals surface area contributed by atoms with Crippen molar-refractivity contribution in [3.63, 3.8) is 0 Å². The molecule has 2 heterocycles. The molecule has 0 saturated carbocycles. The molecule has 2 amide bonds. The van der Waals surface area contributed by atoms with Crippen molar-refractivity contribution in [2.45, 2.75) is 40.0 Å². The van der Waals surface area contributed by atoms with Crippen LogP contribution in [0.1, 0.15) is 60.7 Å². The van der Waals surface area contributed by atoms with Crippen molar-refractivity contribution in [1.29, 1.82) is 0 Å². The summed E-state index contributed by atoms with van der Waals surface area (Å²) in [5.41, 5.74) is 2.28. The summed E-state index contributed by atoms with van der Waals surface area (Å²) in [5, 5.41) is 4.50. The van der Waals surface area contributed by atoms with Crippen molar-refractivity contribution in [3.8, 4) is 11.5 Å². The van der Waals surface area contributed by atoms with Gasteiger partial charge in [0.2, 0.25) is 0 Å². The molecular weight excluding hydrogens is 833 g/mol. The Hall–Kier alpha value is -4.30. The summed E-state index contributed by atoms with van der Waals surface area (Å²) in [5.74, 6) is -1.30. The van der Waals surface area contributed by atoms with Crippen LogP contribution in [0, 0.1) is 17.0 Å². The second-order valence-electron chi connectivity index (χ2n) is 17.0. The van der Waals surface area contributed by atoms with Crippen LogP contribution in [0.4, 0.5) is 20.2 Å². The molecule has 1 N–H and O–H groups in total. The number of carbonyl (C=O) groups excluding carboxylic acids is 2. The Morgan fingerprint density at radius 3 is 1.39 bits per heavy atom. The monoisotopic (exact) mass is 894 g/mol. The molecule has 0 aromatic heterocycles. The van der Waals surface area contributed by atoms with E-state index in [-0.39, 0.29) is 34.4 Å². The van der Waals surface area contributed by atoms with Gasteiger partial charge in [0.15, 0.2) is 23.1 Å². The molecule has 14 heteroatoms. The maximum absolute atomic E-state index is 14.6. The molecule has 4 aromatic carbocycles. The Kier molecular flexibility index (Phi) is 18.8. The van der Waals surface area contributed by atoms with Crippen LogP contribution < -0.4 is 24.6 Å². The number of nitrogens with one attached hydrogen (secondary N) is 1. The first-order valence-corrected chi connectivity index (χ1v) is 22.2. The first-order valence-electron chi connectivity index (χ1n) is 21.5. The largest absolute Gasteiger partial charge is 0.490 e. The fraction of sp³-hybridized carbons (Fsp3) is 0.458. The molecule has 0 atom stereocenters. The number of anilines is 2. The van der Waals surface area contributed by atoms with Gasteiger partial charge in [-0.3, -0.25) is 9.59 Å². The average molecular weight is 896 g/mol. The molecule has 4 aromatic rings. The lowest BCUT2D eigenvalue weighted by Gasteiger charge is -2.35. The fourth-order valence-electron chi connectivity index (χ4n) is 7.06. The van der Waals surface area contributed by atoms with Crippen molar-refractivity contribution in [2.24, 2.45) is 5.41 Å². The lowest BCUT2D eigenvalue weighted by atomic mass is 9.92. The fourth-order valence-corrected chi connectivity index (χ4v) is 7.31. The van der Waals surface area contributed by atoms with Gasteiger partial charge in [0.05, 0.1) is 13.2 Å². The highest BCUT2D eigenvalue weighted by molar-refractivity contribution is 6.31. The SMILES string of the molecule is CN(C(=O)c1ccc(OCCCN2CCN(CCC(C)(C)C)CC2)c(F)c1)c1ccc(Cl)cc1.CN(C(=O)c1ccc(OCCCN2CCNCC2)c(F)c1)c1ccc(Cl)cc1. The van der Waals surface area contributed by atoms with E-state index in [1.54, 1.807) is 74.8 Å². The number of amides is 2. The van der Waals surface area contributed by atoms with Gasteiger partial charge in [-0.2, -0.15) is 0 Å². The molecule has 2 aliphatic heterocycles. The Morgan fingerprint density at radius 2 is 1.00 bits per heavy atom. The van der Waals surface area contributed by atoms with Crippen LogP contribution >= 0.6 is 23.2 Å². The second-order valence-corrected chi connectivity index (χ2v) is 17.8. The number of benzene rings is 4. The minimum absolute atomic E-state index is 0.172. The van der Waals surface area contributed by atoms with Crippen molar-refractivity contribution in [2.75, 3.05) is 109 Å². The summed E-state index contributed by atoms with van der Waals surface area (Å²) in [6.07, 6.45) is 2.88. The molecule has 336 valence electrons. The molecule has 62 heavy (non-hydrogen) atoms.